The van der Waals surface area contributed by atoms with E-state index in [0.717, 1.165) is 65.6 Å². The van der Waals surface area contributed by atoms with Crippen molar-refractivity contribution in [3.05, 3.63) is 29.3 Å². The second-order valence-corrected chi connectivity index (χ2v) is 6.89. The summed E-state index contributed by atoms with van der Waals surface area (Å²) in [6.07, 6.45) is 0. The fraction of sp³-hybridized carbons (Fsp3) is 0.632. The molecule has 2 aliphatic rings. The van der Waals surface area contributed by atoms with Gasteiger partial charge < -0.3 is 20.3 Å². The number of hydrogen-bond acceptors (Lipinski definition) is 4. The zero-order chi connectivity index (χ0) is 17.6. The van der Waals surface area contributed by atoms with Crippen LogP contribution < -0.4 is 10.6 Å². The number of morpholine rings is 1. The Morgan fingerprint density at radius 3 is 2.46 bits per heavy atom. The van der Waals surface area contributed by atoms with Crippen LogP contribution in [0, 0.1) is 13.8 Å². The quantitative estimate of drug-likeness (QED) is 0.410. The van der Waals surface area contributed by atoms with Gasteiger partial charge in [0.05, 0.1) is 19.8 Å². The van der Waals surface area contributed by atoms with Crippen LogP contribution in [-0.2, 0) is 4.74 Å². The van der Waals surface area contributed by atoms with Crippen LogP contribution in [0.5, 0.6) is 0 Å². The number of rotatable bonds is 4. The van der Waals surface area contributed by atoms with Crippen LogP contribution in [0.2, 0.25) is 0 Å². The van der Waals surface area contributed by atoms with Crippen molar-refractivity contribution in [2.24, 2.45) is 10.7 Å². The summed E-state index contributed by atoms with van der Waals surface area (Å²) in [5.41, 5.74) is 10.2. The third-order valence-electron chi connectivity index (χ3n) is 5.31. The molecule has 0 unspecified atom stereocenters. The maximum absolute atomic E-state index is 6.09. The zero-order valence-electron chi connectivity index (χ0n) is 16.0. The highest BCUT2D eigenvalue weighted by molar-refractivity contribution is 14.0. The summed E-state index contributed by atoms with van der Waals surface area (Å²) >= 11 is 0. The number of ether oxygens (including phenoxy) is 1. The van der Waals surface area contributed by atoms with E-state index in [-0.39, 0.29) is 24.0 Å². The van der Waals surface area contributed by atoms with E-state index in [2.05, 4.69) is 51.7 Å². The van der Waals surface area contributed by atoms with E-state index < -0.39 is 0 Å². The highest BCUT2D eigenvalue weighted by atomic mass is 127. The summed E-state index contributed by atoms with van der Waals surface area (Å²) in [6, 6.07) is 6.59. The number of halogens is 1. The number of aliphatic imine (C=N–C) groups is 1. The van der Waals surface area contributed by atoms with E-state index in [4.69, 9.17) is 10.5 Å². The van der Waals surface area contributed by atoms with Gasteiger partial charge >= 0.3 is 0 Å². The first-order valence-corrected chi connectivity index (χ1v) is 9.31. The lowest BCUT2D eigenvalue weighted by Crippen LogP contribution is -2.48. The monoisotopic (exact) mass is 473 g/mol. The Morgan fingerprint density at radius 1 is 1.08 bits per heavy atom. The molecule has 26 heavy (non-hydrogen) atoms. The minimum absolute atomic E-state index is 0. The normalized spacial score (nSPS) is 19.4. The molecular weight excluding hydrogens is 441 g/mol. The molecular formula is C19H32IN5O. The molecule has 0 bridgehead atoms. The average Bonchev–Trinajstić information content (AvgIpc) is 2.65. The minimum Gasteiger partial charge on any atom is -0.378 e. The van der Waals surface area contributed by atoms with Gasteiger partial charge in [0.2, 0.25) is 0 Å². The van der Waals surface area contributed by atoms with Gasteiger partial charge in [-0.3, -0.25) is 9.89 Å². The molecule has 7 heteroatoms. The lowest BCUT2D eigenvalue weighted by molar-refractivity contribution is 0.0674. The molecule has 2 N–H and O–H groups in total. The van der Waals surface area contributed by atoms with Crippen molar-refractivity contribution in [1.82, 2.24) is 9.80 Å². The van der Waals surface area contributed by atoms with Crippen molar-refractivity contribution in [2.75, 3.05) is 70.5 Å². The second kappa shape index (κ2) is 10.3. The molecule has 2 heterocycles. The molecule has 0 aromatic heterocycles. The molecule has 6 nitrogen and oxygen atoms in total. The van der Waals surface area contributed by atoms with Crippen LogP contribution in [0.15, 0.2) is 23.2 Å². The first-order chi connectivity index (χ1) is 12.1. The Bertz CT molecular complexity index is 596. The van der Waals surface area contributed by atoms with Gasteiger partial charge in [0, 0.05) is 51.5 Å². The van der Waals surface area contributed by atoms with Crippen molar-refractivity contribution in [2.45, 2.75) is 13.8 Å². The maximum Gasteiger partial charge on any atom is 0.191 e. The van der Waals surface area contributed by atoms with E-state index in [1.807, 2.05) is 0 Å². The summed E-state index contributed by atoms with van der Waals surface area (Å²) in [4.78, 5) is 11.7. The van der Waals surface area contributed by atoms with Crippen LogP contribution in [-0.4, -0.2) is 81.3 Å². The molecule has 0 aliphatic carbocycles. The van der Waals surface area contributed by atoms with E-state index in [9.17, 15) is 0 Å². The fourth-order valence-electron chi connectivity index (χ4n) is 3.49. The average molecular weight is 473 g/mol. The van der Waals surface area contributed by atoms with Crippen molar-refractivity contribution in [3.8, 4) is 0 Å². The van der Waals surface area contributed by atoms with Crippen LogP contribution in [0.25, 0.3) is 0 Å². The van der Waals surface area contributed by atoms with Gasteiger partial charge in [0.1, 0.15) is 0 Å². The SMILES string of the molecule is Cc1cccc(N2CCN(CCN=C(N)N3CCOCC3)CC2)c1C.I. The summed E-state index contributed by atoms with van der Waals surface area (Å²) < 4.78 is 5.35. The van der Waals surface area contributed by atoms with Crippen LogP contribution in [0.3, 0.4) is 0 Å². The first kappa shape index (κ1) is 21.2. The lowest BCUT2D eigenvalue weighted by atomic mass is 10.1. The zero-order valence-corrected chi connectivity index (χ0v) is 18.3. The number of piperazine rings is 1. The number of nitrogens with zero attached hydrogens (tertiary/aromatic N) is 4. The van der Waals surface area contributed by atoms with Crippen LogP contribution >= 0.6 is 24.0 Å². The highest BCUT2D eigenvalue weighted by Crippen LogP contribution is 2.23. The van der Waals surface area contributed by atoms with Gasteiger partial charge in [-0.25, -0.2) is 0 Å². The molecule has 2 aliphatic heterocycles. The predicted octanol–water partition coefficient (Wildman–Crippen LogP) is 1.69. The first-order valence-electron chi connectivity index (χ1n) is 9.31. The summed E-state index contributed by atoms with van der Waals surface area (Å²) in [5.74, 6) is 0.664. The fourth-order valence-corrected chi connectivity index (χ4v) is 3.49. The molecule has 146 valence electrons. The summed E-state index contributed by atoms with van der Waals surface area (Å²) in [5, 5.41) is 0. The molecule has 0 radical (unpaired) electrons. The molecule has 0 amide bonds. The Morgan fingerprint density at radius 2 is 1.77 bits per heavy atom. The third-order valence-corrected chi connectivity index (χ3v) is 5.31. The molecule has 2 saturated heterocycles. The smallest absolute Gasteiger partial charge is 0.191 e. The van der Waals surface area contributed by atoms with Gasteiger partial charge in [-0.15, -0.1) is 24.0 Å². The topological polar surface area (TPSA) is 57.3 Å². The van der Waals surface area contributed by atoms with Gasteiger partial charge in [-0.2, -0.15) is 0 Å². The Labute approximate surface area is 174 Å². The third kappa shape index (κ3) is 5.47. The Hall–Kier alpha value is -1.06. The number of benzene rings is 1. The highest BCUT2D eigenvalue weighted by Gasteiger charge is 2.18. The largest absolute Gasteiger partial charge is 0.378 e. The van der Waals surface area contributed by atoms with E-state index in [0.29, 0.717) is 5.96 Å². The predicted molar refractivity (Wildman–Crippen MR) is 119 cm³/mol. The molecule has 3 rings (SSSR count). The van der Waals surface area contributed by atoms with Crippen molar-refractivity contribution >= 4 is 35.6 Å². The van der Waals surface area contributed by atoms with E-state index in [1.54, 1.807) is 0 Å². The van der Waals surface area contributed by atoms with Crippen LogP contribution in [0.1, 0.15) is 11.1 Å². The second-order valence-electron chi connectivity index (χ2n) is 6.89. The van der Waals surface area contributed by atoms with Crippen molar-refractivity contribution in [3.63, 3.8) is 0 Å². The Balaban J connectivity index is 0.00000243. The summed E-state index contributed by atoms with van der Waals surface area (Å²) in [7, 11) is 0. The van der Waals surface area contributed by atoms with Gasteiger partial charge in [0.15, 0.2) is 5.96 Å². The lowest BCUT2D eigenvalue weighted by Gasteiger charge is -2.37. The maximum atomic E-state index is 6.09. The number of aryl methyl sites for hydroxylation is 1. The van der Waals surface area contributed by atoms with Gasteiger partial charge in [0.25, 0.3) is 0 Å². The number of hydrogen-bond donors (Lipinski definition) is 1. The standard InChI is InChI=1S/C19H31N5O.HI/c1-16-4-3-5-18(17(16)2)23-10-8-22(9-11-23)7-6-21-19(20)24-12-14-25-15-13-24;/h3-5H,6-15H2,1-2H3,(H2,20,21);1H. The van der Waals surface area contributed by atoms with Crippen LogP contribution in [0.4, 0.5) is 5.69 Å². The number of guanidine groups is 1. The Kier molecular flexibility index (Phi) is 8.43. The molecule has 2 fully saturated rings. The molecule has 1 aromatic carbocycles. The molecule has 0 spiro atoms. The van der Waals surface area contributed by atoms with E-state index >= 15 is 0 Å². The van der Waals surface area contributed by atoms with Crippen molar-refractivity contribution < 1.29 is 4.74 Å². The molecule has 0 saturated carbocycles. The summed E-state index contributed by atoms with van der Waals surface area (Å²) in [6.45, 7) is 13.7. The van der Waals surface area contributed by atoms with Gasteiger partial charge in [-0.1, -0.05) is 12.1 Å². The molecule has 0 atom stereocenters. The number of nitrogens with two attached hydrogens (primary N) is 1. The van der Waals surface area contributed by atoms with E-state index in [1.165, 1.54) is 16.8 Å². The number of anilines is 1. The minimum atomic E-state index is 0. The molecule has 1 aromatic rings. The van der Waals surface area contributed by atoms with Crippen molar-refractivity contribution in [1.29, 1.82) is 0 Å². The van der Waals surface area contributed by atoms with Gasteiger partial charge in [-0.05, 0) is 31.0 Å².